The minimum absolute atomic E-state index is 0.233. The summed E-state index contributed by atoms with van der Waals surface area (Å²) in [6.07, 6.45) is 3.02. The fraction of sp³-hybridized carbons (Fsp3) is 0.100. The van der Waals surface area contributed by atoms with E-state index >= 15 is 0 Å². The lowest BCUT2D eigenvalue weighted by molar-refractivity contribution is 0.0958. The molecule has 70 valence electrons. The van der Waals surface area contributed by atoms with E-state index in [1.165, 1.54) is 12.3 Å². The molecule has 0 saturated carbocycles. The lowest BCUT2D eigenvalue weighted by Crippen LogP contribution is -2.23. The van der Waals surface area contributed by atoms with Gasteiger partial charge in [-0.1, -0.05) is 6.08 Å². The van der Waals surface area contributed by atoms with Crippen LogP contribution in [-0.4, -0.2) is 17.4 Å². The summed E-state index contributed by atoms with van der Waals surface area (Å²) in [6, 6.07) is 4.86. The molecule has 0 radical (unpaired) electrons. The zero-order valence-corrected chi connectivity index (χ0v) is 7.53. The maximum absolute atomic E-state index is 11.4. The largest absolute Gasteiger partial charge is 0.349 e. The minimum Gasteiger partial charge on any atom is -0.349 e. The second-order valence-corrected chi connectivity index (χ2v) is 2.54. The number of hydrogen-bond acceptors (Lipinski definition) is 3. The highest BCUT2D eigenvalue weighted by Crippen LogP contribution is 2.00. The predicted octanol–water partition coefficient (Wildman–Crippen LogP) is 0.869. The highest BCUT2D eigenvalue weighted by atomic mass is 16.1. The van der Waals surface area contributed by atoms with Crippen molar-refractivity contribution >= 4 is 5.91 Å². The van der Waals surface area contributed by atoms with Crippen molar-refractivity contribution in [1.29, 1.82) is 5.26 Å². The first-order valence-electron chi connectivity index (χ1n) is 4.03. The molecule has 1 aromatic rings. The van der Waals surface area contributed by atoms with Crippen LogP contribution < -0.4 is 5.32 Å². The van der Waals surface area contributed by atoms with Gasteiger partial charge in [0.15, 0.2) is 0 Å². The molecule has 0 bridgehead atoms. The van der Waals surface area contributed by atoms with Crippen molar-refractivity contribution in [3.63, 3.8) is 0 Å². The Kier molecular flexibility index (Phi) is 3.39. The first kappa shape index (κ1) is 9.93. The standard InChI is InChI=1S/C10H9N3O/c1-2-4-13-10(14)8-3-5-12-9(6-8)7-11/h2-3,5-6H,1,4H2,(H,13,14). The quantitative estimate of drug-likeness (QED) is 0.714. The topological polar surface area (TPSA) is 65.8 Å². The molecule has 0 aromatic carbocycles. The molecule has 0 spiro atoms. The number of amides is 1. The van der Waals surface area contributed by atoms with E-state index in [0.29, 0.717) is 12.1 Å². The third-order valence-corrected chi connectivity index (χ3v) is 1.54. The van der Waals surface area contributed by atoms with Gasteiger partial charge in [0.25, 0.3) is 5.91 Å². The maximum Gasteiger partial charge on any atom is 0.251 e. The van der Waals surface area contributed by atoms with Gasteiger partial charge in [-0.3, -0.25) is 4.79 Å². The van der Waals surface area contributed by atoms with Crippen LogP contribution in [0.3, 0.4) is 0 Å². The SMILES string of the molecule is C=CCNC(=O)c1ccnc(C#N)c1. The first-order valence-corrected chi connectivity index (χ1v) is 4.03. The molecule has 1 aromatic heterocycles. The zero-order chi connectivity index (χ0) is 10.4. The van der Waals surface area contributed by atoms with Crippen molar-refractivity contribution in [2.45, 2.75) is 0 Å². The summed E-state index contributed by atoms with van der Waals surface area (Å²) in [6.45, 7) is 3.89. The van der Waals surface area contributed by atoms with Gasteiger partial charge in [-0.05, 0) is 12.1 Å². The van der Waals surface area contributed by atoms with Crippen molar-refractivity contribution in [3.05, 3.63) is 42.2 Å². The molecular weight excluding hydrogens is 178 g/mol. The van der Waals surface area contributed by atoms with Crippen molar-refractivity contribution in [3.8, 4) is 6.07 Å². The maximum atomic E-state index is 11.4. The van der Waals surface area contributed by atoms with E-state index in [9.17, 15) is 4.79 Å². The van der Waals surface area contributed by atoms with Crippen molar-refractivity contribution in [2.24, 2.45) is 0 Å². The Bertz CT molecular complexity index is 393. The summed E-state index contributed by atoms with van der Waals surface area (Å²) < 4.78 is 0. The molecule has 1 heterocycles. The summed E-state index contributed by atoms with van der Waals surface area (Å²) in [4.78, 5) is 15.1. The monoisotopic (exact) mass is 187 g/mol. The molecule has 0 saturated heterocycles. The Balaban J connectivity index is 2.80. The second kappa shape index (κ2) is 4.77. The lowest BCUT2D eigenvalue weighted by Gasteiger charge is -2.01. The van der Waals surface area contributed by atoms with E-state index in [1.54, 1.807) is 12.1 Å². The number of nitrogens with one attached hydrogen (secondary N) is 1. The fourth-order valence-electron chi connectivity index (χ4n) is 0.900. The zero-order valence-electron chi connectivity index (χ0n) is 7.53. The van der Waals surface area contributed by atoms with Gasteiger partial charge < -0.3 is 5.32 Å². The molecule has 0 aliphatic carbocycles. The Hall–Kier alpha value is -2.15. The van der Waals surface area contributed by atoms with Crippen LogP contribution in [0.2, 0.25) is 0 Å². The van der Waals surface area contributed by atoms with Crippen LogP contribution in [-0.2, 0) is 0 Å². The summed E-state index contributed by atoms with van der Waals surface area (Å²) in [7, 11) is 0. The molecule has 0 aliphatic rings. The van der Waals surface area contributed by atoms with E-state index < -0.39 is 0 Å². The van der Waals surface area contributed by atoms with E-state index in [0.717, 1.165) is 0 Å². The Morgan fingerprint density at radius 2 is 2.57 bits per heavy atom. The van der Waals surface area contributed by atoms with E-state index in [2.05, 4.69) is 16.9 Å². The number of nitriles is 1. The summed E-state index contributed by atoms with van der Waals surface area (Å²) in [5.74, 6) is -0.233. The average Bonchev–Trinajstić information content (AvgIpc) is 2.26. The molecule has 0 atom stereocenters. The number of pyridine rings is 1. The third kappa shape index (κ3) is 2.42. The molecule has 0 fully saturated rings. The van der Waals surface area contributed by atoms with Gasteiger partial charge in [-0.15, -0.1) is 6.58 Å². The molecule has 14 heavy (non-hydrogen) atoms. The van der Waals surface area contributed by atoms with Crippen LogP contribution in [0, 0.1) is 11.3 Å². The lowest BCUT2D eigenvalue weighted by atomic mass is 10.2. The molecule has 1 rings (SSSR count). The average molecular weight is 187 g/mol. The third-order valence-electron chi connectivity index (χ3n) is 1.54. The van der Waals surface area contributed by atoms with Crippen molar-refractivity contribution in [2.75, 3.05) is 6.54 Å². The number of hydrogen-bond donors (Lipinski definition) is 1. The van der Waals surface area contributed by atoms with Gasteiger partial charge in [0.05, 0.1) is 0 Å². The highest BCUT2D eigenvalue weighted by molar-refractivity contribution is 5.94. The van der Waals surface area contributed by atoms with Gasteiger partial charge in [-0.25, -0.2) is 4.98 Å². The van der Waals surface area contributed by atoms with E-state index in [4.69, 9.17) is 5.26 Å². The Labute approximate surface area is 81.9 Å². The van der Waals surface area contributed by atoms with Crippen LogP contribution in [0.1, 0.15) is 16.1 Å². The van der Waals surface area contributed by atoms with E-state index in [1.807, 2.05) is 6.07 Å². The van der Waals surface area contributed by atoms with Crippen molar-refractivity contribution in [1.82, 2.24) is 10.3 Å². The smallest absolute Gasteiger partial charge is 0.251 e. The number of aromatic nitrogens is 1. The normalized spacial score (nSPS) is 8.79. The number of carbonyl (C=O) groups is 1. The predicted molar refractivity (Wildman–Crippen MR) is 51.5 cm³/mol. The molecular formula is C10H9N3O. The van der Waals surface area contributed by atoms with Gasteiger partial charge in [0, 0.05) is 18.3 Å². The number of rotatable bonds is 3. The second-order valence-electron chi connectivity index (χ2n) is 2.54. The number of nitrogens with zero attached hydrogens (tertiary/aromatic N) is 2. The van der Waals surface area contributed by atoms with Crippen molar-refractivity contribution < 1.29 is 4.79 Å². The van der Waals surface area contributed by atoms with E-state index in [-0.39, 0.29) is 11.6 Å². The molecule has 4 heteroatoms. The minimum atomic E-state index is -0.233. The molecule has 4 nitrogen and oxygen atoms in total. The summed E-state index contributed by atoms with van der Waals surface area (Å²) >= 11 is 0. The van der Waals surface area contributed by atoms with Crippen LogP contribution >= 0.6 is 0 Å². The van der Waals surface area contributed by atoms with Gasteiger partial charge in [-0.2, -0.15) is 5.26 Å². The molecule has 0 aliphatic heterocycles. The first-order chi connectivity index (χ1) is 6.77. The summed E-state index contributed by atoms with van der Waals surface area (Å²) in [5.41, 5.74) is 0.662. The number of carbonyl (C=O) groups excluding carboxylic acids is 1. The molecule has 0 unspecified atom stereocenters. The fourth-order valence-corrected chi connectivity index (χ4v) is 0.900. The van der Waals surface area contributed by atoms with Crippen LogP contribution in [0.4, 0.5) is 0 Å². The summed E-state index contributed by atoms with van der Waals surface area (Å²) in [5, 5.41) is 11.2. The van der Waals surface area contributed by atoms with Crippen LogP contribution in [0.5, 0.6) is 0 Å². The van der Waals surface area contributed by atoms with Gasteiger partial charge >= 0.3 is 0 Å². The molecule has 1 N–H and O–H groups in total. The van der Waals surface area contributed by atoms with Gasteiger partial charge in [0.2, 0.25) is 0 Å². The van der Waals surface area contributed by atoms with Gasteiger partial charge in [0.1, 0.15) is 11.8 Å². The van der Waals surface area contributed by atoms with Crippen LogP contribution in [0.15, 0.2) is 31.0 Å². The molecule has 1 amide bonds. The Morgan fingerprint density at radius 3 is 3.21 bits per heavy atom. The van der Waals surface area contributed by atoms with Crippen LogP contribution in [0.25, 0.3) is 0 Å². The Morgan fingerprint density at radius 1 is 1.79 bits per heavy atom. The highest BCUT2D eigenvalue weighted by Gasteiger charge is 2.04.